The Morgan fingerprint density at radius 1 is 0.957 bits per heavy atom. The molecule has 0 aromatic heterocycles. The number of hydrogen-bond acceptors (Lipinski definition) is 3. The molecule has 0 aliphatic heterocycles. The van der Waals surface area contributed by atoms with Crippen LogP contribution in [0.1, 0.15) is 84.5 Å². The van der Waals surface area contributed by atoms with E-state index in [1.54, 1.807) is 11.8 Å². The van der Waals surface area contributed by atoms with E-state index in [9.17, 15) is 9.59 Å². The number of alkyl halides is 1. The lowest BCUT2D eigenvalue weighted by Crippen LogP contribution is -2.33. The van der Waals surface area contributed by atoms with Gasteiger partial charge in [0.05, 0.1) is 11.3 Å². The highest BCUT2D eigenvalue weighted by Crippen LogP contribution is 2.17. The van der Waals surface area contributed by atoms with Crippen LogP contribution >= 0.6 is 23.4 Å². The predicted molar refractivity (Wildman–Crippen MR) is 102 cm³/mol. The van der Waals surface area contributed by atoms with E-state index in [0.717, 1.165) is 12.2 Å². The van der Waals surface area contributed by atoms with E-state index in [4.69, 9.17) is 11.6 Å². The molecule has 1 unspecified atom stereocenters. The molecule has 5 heteroatoms. The average molecular weight is 364 g/mol. The fraction of sp³-hybridized carbons (Fsp3) is 0.889. The third-order valence-corrected chi connectivity index (χ3v) is 5.25. The number of hydrogen-bond donors (Lipinski definition) is 1. The van der Waals surface area contributed by atoms with Gasteiger partial charge in [-0.15, -0.1) is 23.4 Å². The van der Waals surface area contributed by atoms with Crippen LogP contribution in [0.15, 0.2) is 0 Å². The van der Waals surface area contributed by atoms with E-state index >= 15 is 0 Å². The molecule has 0 bridgehead atoms. The lowest BCUT2D eigenvalue weighted by molar-refractivity contribution is -0.119. The Bertz CT molecular complexity index is 313. The summed E-state index contributed by atoms with van der Waals surface area (Å²) in [4.78, 5) is 22.6. The molecular formula is C18H34ClNO2S. The Hall–Kier alpha value is -0.220. The highest BCUT2D eigenvalue weighted by molar-refractivity contribution is 7.99. The predicted octanol–water partition coefficient (Wildman–Crippen LogP) is 5.30. The van der Waals surface area contributed by atoms with E-state index in [2.05, 4.69) is 12.2 Å². The zero-order valence-corrected chi connectivity index (χ0v) is 16.4. The van der Waals surface area contributed by atoms with Crippen molar-refractivity contribution in [1.29, 1.82) is 0 Å². The molecule has 0 aromatic rings. The minimum Gasteiger partial charge on any atom is -0.344 e. The molecule has 0 saturated heterocycles. The first-order chi connectivity index (χ1) is 11.1. The standard InChI is InChI=1S/C18H34ClNO2S/c1-3-4-5-6-7-8-9-10-11-12-13-23-18(20-16(2)21)14-17(22)15-19/h18H,3-15H2,1-2H3,(H,20,21). The molecule has 3 nitrogen and oxygen atoms in total. The van der Waals surface area contributed by atoms with Gasteiger partial charge in [-0.2, -0.15) is 0 Å². The molecule has 0 aromatic carbocycles. The van der Waals surface area contributed by atoms with Gasteiger partial charge in [-0.1, -0.05) is 64.7 Å². The Kier molecular flexibility index (Phi) is 16.5. The average Bonchev–Trinajstić information content (AvgIpc) is 2.51. The number of unbranched alkanes of at least 4 members (excludes halogenated alkanes) is 9. The Labute approximate surface area is 151 Å². The smallest absolute Gasteiger partial charge is 0.217 e. The molecule has 23 heavy (non-hydrogen) atoms. The molecule has 1 N–H and O–H groups in total. The third-order valence-electron chi connectivity index (χ3n) is 3.74. The van der Waals surface area contributed by atoms with Crippen molar-refractivity contribution in [3.05, 3.63) is 0 Å². The summed E-state index contributed by atoms with van der Waals surface area (Å²) in [5.74, 6) is 0.903. The van der Waals surface area contributed by atoms with Crippen LogP contribution in [0.4, 0.5) is 0 Å². The van der Waals surface area contributed by atoms with Gasteiger partial charge in [0.2, 0.25) is 5.91 Å². The molecule has 0 saturated carbocycles. The van der Waals surface area contributed by atoms with E-state index in [1.807, 2.05) is 0 Å². The summed E-state index contributed by atoms with van der Waals surface area (Å²) >= 11 is 7.19. The molecular weight excluding hydrogens is 330 g/mol. The van der Waals surface area contributed by atoms with Crippen molar-refractivity contribution in [2.75, 3.05) is 11.6 Å². The lowest BCUT2D eigenvalue weighted by Gasteiger charge is -2.16. The number of ketones is 1. The summed E-state index contributed by atoms with van der Waals surface area (Å²) in [5, 5.41) is 2.70. The van der Waals surface area contributed by atoms with Gasteiger partial charge in [-0.05, 0) is 12.2 Å². The number of carbonyl (C=O) groups is 2. The quantitative estimate of drug-likeness (QED) is 0.230. The fourth-order valence-electron chi connectivity index (χ4n) is 2.45. The fourth-order valence-corrected chi connectivity index (χ4v) is 3.77. The van der Waals surface area contributed by atoms with E-state index in [1.165, 1.54) is 64.7 Å². The minimum absolute atomic E-state index is 0.0130. The number of carbonyl (C=O) groups excluding carboxylic acids is 2. The summed E-state index contributed by atoms with van der Waals surface area (Å²) < 4.78 is 0. The van der Waals surface area contributed by atoms with Crippen molar-refractivity contribution in [3.8, 4) is 0 Å². The first kappa shape index (κ1) is 22.8. The van der Waals surface area contributed by atoms with E-state index in [0.29, 0.717) is 6.42 Å². The summed E-state index contributed by atoms with van der Waals surface area (Å²) in [5.41, 5.74) is 0. The maximum Gasteiger partial charge on any atom is 0.217 e. The van der Waals surface area contributed by atoms with Crippen molar-refractivity contribution in [2.24, 2.45) is 0 Å². The second-order valence-electron chi connectivity index (χ2n) is 6.12. The van der Waals surface area contributed by atoms with Crippen molar-refractivity contribution < 1.29 is 9.59 Å². The SMILES string of the molecule is CCCCCCCCCCCCSC(CC(=O)CCl)NC(C)=O. The minimum atomic E-state index is -0.127. The Morgan fingerprint density at radius 3 is 1.96 bits per heavy atom. The van der Waals surface area contributed by atoms with Gasteiger partial charge in [-0.25, -0.2) is 0 Å². The number of amides is 1. The topological polar surface area (TPSA) is 46.2 Å². The molecule has 0 aliphatic rings. The first-order valence-electron chi connectivity index (χ1n) is 9.06. The van der Waals surface area contributed by atoms with Gasteiger partial charge < -0.3 is 5.32 Å². The molecule has 0 spiro atoms. The maximum absolute atomic E-state index is 11.4. The van der Waals surface area contributed by atoms with Gasteiger partial charge >= 0.3 is 0 Å². The van der Waals surface area contributed by atoms with Crippen LogP contribution in [0.3, 0.4) is 0 Å². The zero-order chi connectivity index (χ0) is 17.3. The van der Waals surface area contributed by atoms with Crippen LogP contribution in [0.25, 0.3) is 0 Å². The maximum atomic E-state index is 11.4. The van der Waals surface area contributed by atoms with Gasteiger partial charge in [0.1, 0.15) is 0 Å². The van der Waals surface area contributed by atoms with Crippen LogP contribution in [0.2, 0.25) is 0 Å². The number of halogens is 1. The molecule has 1 atom stereocenters. The molecule has 0 rings (SSSR count). The highest BCUT2D eigenvalue weighted by atomic mass is 35.5. The van der Waals surface area contributed by atoms with Crippen molar-refractivity contribution >= 4 is 35.1 Å². The van der Waals surface area contributed by atoms with Crippen molar-refractivity contribution in [2.45, 2.75) is 89.9 Å². The van der Waals surface area contributed by atoms with Crippen LogP contribution in [0, 0.1) is 0 Å². The largest absolute Gasteiger partial charge is 0.344 e. The van der Waals surface area contributed by atoms with Gasteiger partial charge in [0.25, 0.3) is 0 Å². The summed E-state index contributed by atoms with van der Waals surface area (Å²) in [6.45, 7) is 3.74. The third kappa shape index (κ3) is 16.4. The van der Waals surface area contributed by atoms with Gasteiger partial charge in [0.15, 0.2) is 5.78 Å². The zero-order valence-electron chi connectivity index (χ0n) is 14.9. The van der Waals surface area contributed by atoms with Crippen LogP contribution in [0.5, 0.6) is 0 Å². The van der Waals surface area contributed by atoms with Gasteiger partial charge in [-0.3, -0.25) is 9.59 Å². The second kappa shape index (κ2) is 16.6. The highest BCUT2D eigenvalue weighted by Gasteiger charge is 2.14. The summed E-state index contributed by atoms with van der Waals surface area (Å²) in [7, 11) is 0. The first-order valence-corrected chi connectivity index (χ1v) is 10.6. The molecule has 136 valence electrons. The van der Waals surface area contributed by atoms with Crippen LogP contribution in [-0.4, -0.2) is 28.7 Å². The van der Waals surface area contributed by atoms with E-state index < -0.39 is 0 Å². The lowest BCUT2D eigenvalue weighted by atomic mass is 10.1. The van der Waals surface area contributed by atoms with Gasteiger partial charge in [0, 0.05) is 13.3 Å². The summed E-state index contributed by atoms with van der Waals surface area (Å²) in [6, 6.07) is 0. The number of rotatable bonds is 16. The number of nitrogens with one attached hydrogen (secondary N) is 1. The van der Waals surface area contributed by atoms with Crippen LogP contribution in [-0.2, 0) is 9.59 Å². The van der Waals surface area contributed by atoms with Crippen LogP contribution < -0.4 is 5.32 Å². The van der Waals surface area contributed by atoms with E-state index in [-0.39, 0.29) is 22.9 Å². The normalized spacial score (nSPS) is 12.1. The molecule has 1 amide bonds. The molecule has 0 aliphatic carbocycles. The number of thioether (sulfide) groups is 1. The Morgan fingerprint density at radius 2 is 1.48 bits per heavy atom. The molecule has 0 heterocycles. The van der Waals surface area contributed by atoms with Crippen molar-refractivity contribution in [1.82, 2.24) is 5.32 Å². The number of Topliss-reactive ketones (excluding diaryl/α,β-unsaturated/α-hetero) is 1. The monoisotopic (exact) mass is 363 g/mol. The second-order valence-corrected chi connectivity index (χ2v) is 7.70. The molecule has 0 radical (unpaired) electrons. The Balaban J connectivity index is 3.54. The summed E-state index contributed by atoms with van der Waals surface area (Å²) in [6.07, 6.45) is 13.5. The molecule has 0 fully saturated rings. The van der Waals surface area contributed by atoms with Crippen molar-refractivity contribution in [3.63, 3.8) is 0 Å².